The second kappa shape index (κ2) is 6.75. The third kappa shape index (κ3) is 4.71. The quantitative estimate of drug-likeness (QED) is 0.710. The number of carbonyl (C=O) groups excluding carboxylic acids is 1. The van der Waals surface area contributed by atoms with Crippen molar-refractivity contribution < 1.29 is 4.79 Å². The van der Waals surface area contributed by atoms with Crippen molar-refractivity contribution in [1.29, 1.82) is 0 Å². The minimum absolute atomic E-state index is 0.369. The van der Waals surface area contributed by atoms with Crippen LogP contribution in [0.25, 0.3) is 0 Å². The van der Waals surface area contributed by atoms with E-state index in [9.17, 15) is 4.79 Å². The molecular formula is C10H12Br2OS. The molecule has 0 bridgehead atoms. The number of thiophene rings is 1. The maximum absolute atomic E-state index is 11.4. The van der Waals surface area contributed by atoms with Gasteiger partial charge in [0.15, 0.2) is 0 Å². The van der Waals surface area contributed by atoms with Crippen molar-refractivity contribution in [2.75, 3.05) is 5.33 Å². The van der Waals surface area contributed by atoms with Crippen LogP contribution in [0.1, 0.15) is 24.1 Å². The molecule has 1 heterocycles. The SMILES string of the molecule is O=C(CCCBr)CCc1cc(Br)cs1. The Kier molecular flexibility index (Phi) is 5.98. The third-order valence-electron chi connectivity index (χ3n) is 1.86. The predicted octanol–water partition coefficient (Wildman–Crippen LogP) is 4.19. The van der Waals surface area contributed by atoms with E-state index in [1.807, 2.05) is 0 Å². The van der Waals surface area contributed by atoms with Crippen LogP contribution in [0.15, 0.2) is 15.9 Å². The Morgan fingerprint density at radius 2 is 2.21 bits per heavy atom. The molecule has 1 nitrogen and oxygen atoms in total. The minimum Gasteiger partial charge on any atom is -0.300 e. The molecule has 1 rings (SSSR count). The molecule has 0 radical (unpaired) electrons. The van der Waals surface area contributed by atoms with Crippen LogP contribution < -0.4 is 0 Å². The van der Waals surface area contributed by atoms with Gasteiger partial charge < -0.3 is 0 Å². The second-order valence-corrected chi connectivity index (χ2v) is 5.77. The Hall–Kier alpha value is 0.330. The highest BCUT2D eigenvalue weighted by molar-refractivity contribution is 9.10. The maximum Gasteiger partial charge on any atom is 0.133 e. The number of ketones is 1. The highest BCUT2D eigenvalue weighted by atomic mass is 79.9. The number of carbonyl (C=O) groups is 1. The van der Waals surface area contributed by atoms with E-state index in [-0.39, 0.29) is 0 Å². The maximum atomic E-state index is 11.4. The number of rotatable bonds is 6. The molecule has 14 heavy (non-hydrogen) atoms. The first kappa shape index (κ1) is 12.4. The summed E-state index contributed by atoms with van der Waals surface area (Å²) in [5.41, 5.74) is 0. The van der Waals surface area contributed by atoms with E-state index in [1.165, 1.54) is 4.88 Å². The Morgan fingerprint density at radius 3 is 2.79 bits per heavy atom. The van der Waals surface area contributed by atoms with Crippen LogP contribution in [0.4, 0.5) is 0 Å². The first-order valence-corrected chi connectivity index (χ1v) is 7.32. The Balaban J connectivity index is 2.23. The van der Waals surface area contributed by atoms with Crippen LogP contribution in [0.5, 0.6) is 0 Å². The van der Waals surface area contributed by atoms with Crippen LogP contribution in [-0.4, -0.2) is 11.1 Å². The molecular weight excluding hydrogens is 328 g/mol. The van der Waals surface area contributed by atoms with Gasteiger partial charge in [-0.2, -0.15) is 0 Å². The fourth-order valence-corrected chi connectivity index (χ4v) is 2.87. The normalized spacial score (nSPS) is 10.4. The highest BCUT2D eigenvalue weighted by Gasteiger charge is 2.03. The second-order valence-electron chi connectivity index (χ2n) is 3.06. The molecule has 1 aromatic rings. The molecule has 0 N–H and O–H groups in total. The molecule has 0 aliphatic heterocycles. The van der Waals surface area contributed by atoms with Crippen molar-refractivity contribution in [2.45, 2.75) is 25.7 Å². The number of halogens is 2. The summed E-state index contributed by atoms with van der Waals surface area (Å²) in [4.78, 5) is 12.6. The largest absolute Gasteiger partial charge is 0.300 e. The predicted molar refractivity (Wildman–Crippen MR) is 68.4 cm³/mol. The lowest BCUT2D eigenvalue weighted by Gasteiger charge is -1.97. The number of alkyl halides is 1. The van der Waals surface area contributed by atoms with Crippen molar-refractivity contribution in [3.05, 3.63) is 20.8 Å². The minimum atomic E-state index is 0.369. The molecule has 0 unspecified atom stereocenters. The van der Waals surface area contributed by atoms with Gasteiger partial charge in [-0.15, -0.1) is 11.3 Å². The summed E-state index contributed by atoms with van der Waals surface area (Å²) in [7, 11) is 0. The zero-order chi connectivity index (χ0) is 10.4. The van der Waals surface area contributed by atoms with Crippen molar-refractivity contribution in [3.8, 4) is 0 Å². The zero-order valence-electron chi connectivity index (χ0n) is 7.76. The van der Waals surface area contributed by atoms with Gasteiger partial charge in [-0.1, -0.05) is 15.9 Å². The molecule has 0 spiro atoms. The average Bonchev–Trinajstić information content (AvgIpc) is 2.58. The van der Waals surface area contributed by atoms with Gasteiger partial charge >= 0.3 is 0 Å². The van der Waals surface area contributed by atoms with E-state index >= 15 is 0 Å². The van der Waals surface area contributed by atoms with Gasteiger partial charge in [0, 0.05) is 32.9 Å². The summed E-state index contributed by atoms with van der Waals surface area (Å²) >= 11 is 8.43. The molecule has 4 heteroatoms. The Labute approximate surface area is 105 Å². The molecule has 0 amide bonds. The van der Waals surface area contributed by atoms with Gasteiger partial charge in [0.1, 0.15) is 5.78 Å². The lowest BCUT2D eigenvalue weighted by molar-refractivity contribution is -0.119. The first-order valence-electron chi connectivity index (χ1n) is 4.53. The van der Waals surface area contributed by atoms with E-state index in [2.05, 4.69) is 43.3 Å². The van der Waals surface area contributed by atoms with Crippen molar-refractivity contribution in [2.24, 2.45) is 0 Å². The summed E-state index contributed by atoms with van der Waals surface area (Å²) in [5.74, 6) is 0.369. The van der Waals surface area contributed by atoms with Crippen molar-refractivity contribution in [1.82, 2.24) is 0 Å². The van der Waals surface area contributed by atoms with E-state index in [1.54, 1.807) is 11.3 Å². The molecule has 0 saturated carbocycles. The molecule has 0 aliphatic rings. The summed E-state index contributed by atoms with van der Waals surface area (Å²) in [6, 6.07) is 2.09. The van der Waals surface area contributed by atoms with E-state index < -0.39 is 0 Å². The topological polar surface area (TPSA) is 17.1 Å². The molecule has 78 valence electrons. The summed E-state index contributed by atoms with van der Waals surface area (Å²) in [6.07, 6.45) is 3.22. The van der Waals surface area contributed by atoms with Crippen LogP contribution in [0.2, 0.25) is 0 Å². The highest BCUT2D eigenvalue weighted by Crippen LogP contribution is 2.21. The summed E-state index contributed by atoms with van der Waals surface area (Å²) in [5, 5.41) is 2.97. The molecule has 0 aliphatic carbocycles. The molecule has 0 saturated heterocycles. The summed E-state index contributed by atoms with van der Waals surface area (Å²) in [6.45, 7) is 0. The van der Waals surface area contributed by atoms with Crippen molar-refractivity contribution >= 4 is 49.0 Å². The molecule has 0 atom stereocenters. The average molecular weight is 340 g/mol. The number of aryl methyl sites for hydroxylation is 1. The first-order chi connectivity index (χ1) is 6.72. The summed E-state index contributed by atoms with van der Waals surface area (Å²) < 4.78 is 1.12. The van der Waals surface area contributed by atoms with Crippen molar-refractivity contribution in [3.63, 3.8) is 0 Å². The number of hydrogen-bond acceptors (Lipinski definition) is 2. The van der Waals surface area contributed by atoms with E-state index in [0.29, 0.717) is 18.6 Å². The van der Waals surface area contributed by atoms with E-state index in [4.69, 9.17) is 0 Å². The van der Waals surface area contributed by atoms with Crippen LogP contribution in [0, 0.1) is 0 Å². The zero-order valence-corrected chi connectivity index (χ0v) is 11.8. The van der Waals surface area contributed by atoms with Gasteiger partial charge in [0.2, 0.25) is 0 Å². The molecule has 0 fully saturated rings. The number of hydrogen-bond donors (Lipinski definition) is 0. The van der Waals surface area contributed by atoms with Gasteiger partial charge in [0.25, 0.3) is 0 Å². The van der Waals surface area contributed by atoms with Crippen LogP contribution in [0.3, 0.4) is 0 Å². The Bertz CT molecular complexity index is 296. The lowest BCUT2D eigenvalue weighted by Crippen LogP contribution is -1.99. The smallest absolute Gasteiger partial charge is 0.133 e. The fraction of sp³-hybridized carbons (Fsp3) is 0.500. The van der Waals surface area contributed by atoms with Crippen LogP contribution in [-0.2, 0) is 11.2 Å². The fourth-order valence-electron chi connectivity index (χ4n) is 1.14. The van der Waals surface area contributed by atoms with Gasteiger partial charge in [-0.3, -0.25) is 4.79 Å². The number of Topliss-reactive ketones (excluding diaryl/α,β-unsaturated/α-hetero) is 1. The lowest BCUT2D eigenvalue weighted by atomic mass is 10.1. The van der Waals surface area contributed by atoms with Crippen LogP contribution >= 0.6 is 43.2 Å². The standard InChI is InChI=1S/C10H12Br2OS/c11-5-1-2-9(13)3-4-10-6-8(12)7-14-10/h6-7H,1-5H2. The third-order valence-corrected chi connectivity index (χ3v) is 4.18. The monoisotopic (exact) mass is 338 g/mol. The van der Waals surface area contributed by atoms with E-state index in [0.717, 1.165) is 22.6 Å². The van der Waals surface area contributed by atoms with Gasteiger partial charge in [-0.25, -0.2) is 0 Å². The Morgan fingerprint density at radius 1 is 1.43 bits per heavy atom. The molecule has 1 aromatic heterocycles. The molecule has 0 aromatic carbocycles. The van der Waals surface area contributed by atoms with Gasteiger partial charge in [-0.05, 0) is 34.8 Å². The van der Waals surface area contributed by atoms with Gasteiger partial charge in [0.05, 0.1) is 0 Å².